The van der Waals surface area contributed by atoms with Crippen molar-refractivity contribution in [3.63, 3.8) is 0 Å². The Morgan fingerprint density at radius 3 is 2.55 bits per heavy atom. The molecule has 0 aromatic heterocycles. The van der Waals surface area contributed by atoms with Gasteiger partial charge in [0.05, 0.1) is 10.0 Å². The Bertz CT molecular complexity index is 273. The van der Waals surface area contributed by atoms with E-state index in [2.05, 4.69) is 15.9 Å². The van der Waals surface area contributed by atoms with Crippen molar-refractivity contribution >= 4 is 39.1 Å². The third kappa shape index (κ3) is 1.68. The first-order valence-electron chi connectivity index (χ1n) is 2.83. The van der Waals surface area contributed by atoms with Crippen molar-refractivity contribution in [3.8, 4) is 0 Å². The standard InChI is InChI=1S/C7H4BrCl2F/c1-3-5(11)2-4(9)7(10)6(3)8/h2H,1H3. The first-order chi connectivity index (χ1) is 5.04. The Morgan fingerprint density at radius 2 is 2.00 bits per heavy atom. The highest BCUT2D eigenvalue weighted by molar-refractivity contribution is 9.10. The van der Waals surface area contributed by atoms with Gasteiger partial charge in [-0.2, -0.15) is 0 Å². The van der Waals surface area contributed by atoms with Gasteiger partial charge in [0, 0.05) is 10.0 Å². The molecule has 0 spiro atoms. The molecule has 60 valence electrons. The molecule has 1 rings (SSSR count). The van der Waals surface area contributed by atoms with Gasteiger partial charge in [-0.15, -0.1) is 0 Å². The van der Waals surface area contributed by atoms with Crippen LogP contribution >= 0.6 is 39.1 Å². The summed E-state index contributed by atoms with van der Waals surface area (Å²) < 4.78 is 13.4. The number of hydrogen-bond acceptors (Lipinski definition) is 0. The maximum absolute atomic E-state index is 12.8. The van der Waals surface area contributed by atoms with Gasteiger partial charge in [0.15, 0.2) is 0 Å². The fourth-order valence-electron chi connectivity index (χ4n) is 0.657. The lowest BCUT2D eigenvalue weighted by Crippen LogP contribution is -1.85. The lowest BCUT2D eigenvalue weighted by atomic mass is 10.2. The molecule has 0 atom stereocenters. The fourth-order valence-corrected chi connectivity index (χ4v) is 1.56. The number of benzene rings is 1. The minimum atomic E-state index is -0.355. The molecule has 1 aromatic carbocycles. The van der Waals surface area contributed by atoms with Crippen LogP contribution in [0, 0.1) is 12.7 Å². The Labute approximate surface area is 82.4 Å². The van der Waals surface area contributed by atoms with E-state index in [1.54, 1.807) is 6.92 Å². The maximum atomic E-state index is 12.8. The van der Waals surface area contributed by atoms with Gasteiger partial charge < -0.3 is 0 Å². The molecule has 0 unspecified atom stereocenters. The van der Waals surface area contributed by atoms with E-state index in [0.29, 0.717) is 15.1 Å². The first kappa shape index (κ1) is 9.30. The molecule has 0 N–H and O–H groups in total. The average molecular weight is 258 g/mol. The second-order valence-corrected chi connectivity index (χ2v) is 3.67. The summed E-state index contributed by atoms with van der Waals surface area (Å²) in [4.78, 5) is 0. The third-order valence-corrected chi connectivity index (χ3v) is 3.35. The maximum Gasteiger partial charge on any atom is 0.128 e. The van der Waals surface area contributed by atoms with E-state index >= 15 is 0 Å². The molecule has 0 radical (unpaired) electrons. The SMILES string of the molecule is Cc1c(F)cc(Cl)c(Cl)c1Br. The molecular weight excluding hydrogens is 254 g/mol. The third-order valence-electron chi connectivity index (χ3n) is 1.34. The lowest BCUT2D eigenvalue weighted by Gasteiger charge is -2.03. The van der Waals surface area contributed by atoms with Crippen molar-refractivity contribution in [1.82, 2.24) is 0 Å². The van der Waals surface area contributed by atoms with Crippen LogP contribution in [-0.4, -0.2) is 0 Å². The van der Waals surface area contributed by atoms with Gasteiger partial charge in [-0.3, -0.25) is 0 Å². The zero-order valence-electron chi connectivity index (χ0n) is 5.59. The minimum Gasteiger partial charge on any atom is -0.207 e. The van der Waals surface area contributed by atoms with Crippen molar-refractivity contribution in [3.05, 3.63) is 32.0 Å². The highest BCUT2D eigenvalue weighted by atomic mass is 79.9. The predicted molar refractivity (Wildman–Crippen MR) is 48.9 cm³/mol. The summed E-state index contributed by atoms with van der Waals surface area (Å²) in [7, 11) is 0. The normalized spacial score (nSPS) is 10.3. The molecule has 0 aliphatic carbocycles. The molecule has 0 fully saturated rings. The summed E-state index contributed by atoms with van der Waals surface area (Å²) in [6, 6.07) is 1.20. The minimum absolute atomic E-state index is 0.224. The Morgan fingerprint density at radius 1 is 1.45 bits per heavy atom. The van der Waals surface area contributed by atoms with E-state index in [1.165, 1.54) is 6.07 Å². The number of rotatable bonds is 0. The summed E-state index contributed by atoms with van der Waals surface area (Å²) >= 11 is 14.4. The highest BCUT2D eigenvalue weighted by Crippen LogP contribution is 2.34. The van der Waals surface area contributed by atoms with Crippen LogP contribution in [0.1, 0.15) is 5.56 Å². The largest absolute Gasteiger partial charge is 0.207 e. The lowest BCUT2D eigenvalue weighted by molar-refractivity contribution is 0.617. The van der Waals surface area contributed by atoms with E-state index in [1.807, 2.05) is 0 Å². The topological polar surface area (TPSA) is 0 Å². The van der Waals surface area contributed by atoms with Crippen LogP contribution < -0.4 is 0 Å². The van der Waals surface area contributed by atoms with Gasteiger partial charge in [0.25, 0.3) is 0 Å². The van der Waals surface area contributed by atoms with E-state index in [9.17, 15) is 4.39 Å². The van der Waals surface area contributed by atoms with Crippen molar-refractivity contribution in [2.45, 2.75) is 6.92 Å². The summed E-state index contributed by atoms with van der Waals surface area (Å²) in [6.45, 7) is 1.63. The van der Waals surface area contributed by atoms with E-state index < -0.39 is 0 Å². The van der Waals surface area contributed by atoms with Crippen molar-refractivity contribution < 1.29 is 4.39 Å². The molecule has 0 aliphatic rings. The van der Waals surface area contributed by atoms with Gasteiger partial charge in [0.2, 0.25) is 0 Å². The summed E-state index contributed by atoms with van der Waals surface area (Å²) in [5.41, 5.74) is 0.472. The number of hydrogen-bond donors (Lipinski definition) is 0. The Hall–Kier alpha value is 0.210. The average Bonchev–Trinajstić information content (AvgIpc) is 1.97. The predicted octanol–water partition coefficient (Wildman–Crippen LogP) is 4.20. The van der Waals surface area contributed by atoms with Gasteiger partial charge in [-0.1, -0.05) is 23.2 Å². The monoisotopic (exact) mass is 256 g/mol. The van der Waals surface area contributed by atoms with Gasteiger partial charge in [-0.25, -0.2) is 4.39 Å². The van der Waals surface area contributed by atoms with Gasteiger partial charge in [0.1, 0.15) is 5.82 Å². The quantitative estimate of drug-likeness (QED) is 0.483. The first-order valence-corrected chi connectivity index (χ1v) is 4.38. The zero-order valence-corrected chi connectivity index (χ0v) is 8.69. The highest BCUT2D eigenvalue weighted by Gasteiger charge is 2.09. The van der Waals surface area contributed by atoms with Crippen LogP contribution in [0.25, 0.3) is 0 Å². The molecule has 0 saturated carbocycles. The molecule has 0 saturated heterocycles. The van der Waals surface area contributed by atoms with Crippen molar-refractivity contribution in [1.29, 1.82) is 0 Å². The van der Waals surface area contributed by atoms with E-state index in [4.69, 9.17) is 23.2 Å². The molecule has 0 nitrogen and oxygen atoms in total. The molecule has 1 aromatic rings. The molecule has 4 heteroatoms. The van der Waals surface area contributed by atoms with Gasteiger partial charge >= 0.3 is 0 Å². The van der Waals surface area contributed by atoms with Crippen LogP contribution in [0.5, 0.6) is 0 Å². The van der Waals surface area contributed by atoms with E-state index in [0.717, 1.165) is 0 Å². The van der Waals surface area contributed by atoms with Crippen molar-refractivity contribution in [2.75, 3.05) is 0 Å². The van der Waals surface area contributed by atoms with Crippen LogP contribution in [-0.2, 0) is 0 Å². The van der Waals surface area contributed by atoms with Crippen LogP contribution in [0.3, 0.4) is 0 Å². The zero-order chi connectivity index (χ0) is 8.59. The Balaban J connectivity index is 3.46. The molecular formula is C7H4BrCl2F. The van der Waals surface area contributed by atoms with Crippen LogP contribution in [0.15, 0.2) is 10.5 Å². The molecule has 0 aliphatic heterocycles. The molecule has 0 amide bonds. The van der Waals surface area contributed by atoms with Crippen LogP contribution in [0.2, 0.25) is 10.0 Å². The van der Waals surface area contributed by atoms with E-state index in [-0.39, 0.29) is 10.8 Å². The van der Waals surface area contributed by atoms with Crippen molar-refractivity contribution in [2.24, 2.45) is 0 Å². The second-order valence-electron chi connectivity index (χ2n) is 2.09. The van der Waals surface area contributed by atoms with Gasteiger partial charge in [-0.05, 0) is 28.9 Å². The van der Waals surface area contributed by atoms with Crippen LogP contribution in [0.4, 0.5) is 4.39 Å². The molecule has 0 bridgehead atoms. The fraction of sp³-hybridized carbons (Fsp3) is 0.143. The summed E-state index contributed by atoms with van der Waals surface area (Å²) in [5, 5.41) is 0.576. The number of halogens is 4. The molecule has 0 heterocycles. The molecule has 11 heavy (non-hydrogen) atoms. The smallest absolute Gasteiger partial charge is 0.128 e. The summed E-state index contributed by atoms with van der Waals surface area (Å²) in [5.74, 6) is -0.355. The Kier molecular flexibility index (Phi) is 2.79. The summed E-state index contributed by atoms with van der Waals surface area (Å²) in [6.07, 6.45) is 0. The second kappa shape index (κ2) is 3.30.